The molecule has 0 rings (SSSR count). The zero-order chi connectivity index (χ0) is 10.3. The molecule has 6 heteroatoms. The van der Waals surface area contributed by atoms with Gasteiger partial charge in [-0.1, -0.05) is 0 Å². The van der Waals surface area contributed by atoms with Gasteiger partial charge in [-0.25, -0.2) is 0 Å². The molecule has 4 N–H and O–H groups in total. The number of aliphatic hydroxyl groups is 2. The summed E-state index contributed by atoms with van der Waals surface area (Å²) in [5.41, 5.74) is 4.76. The molecule has 0 aromatic heterocycles. The molecular weight excluding hydrogens is 176 g/mol. The van der Waals surface area contributed by atoms with E-state index < -0.39 is 11.8 Å². The van der Waals surface area contributed by atoms with Crippen LogP contribution in [0.1, 0.15) is 0 Å². The largest absolute Gasteiger partial charge is 0.395 e. The highest BCUT2D eigenvalue weighted by Crippen LogP contribution is 1.91. The summed E-state index contributed by atoms with van der Waals surface area (Å²) in [5, 5.41) is 17.1. The van der Waals surface area contributed by atoms with Crippen molar-refractivity contribution in [3.63, 3.8) is 0 Å². The molecule has 0 aliphatic heterocycles. The number of amides is 2. The zero-order valence-corrected chi connectivity index (χ0v) is 7.14. The van der Waals surface area contributed by atoms with E-state index in [2.05, 4.69) is 0 Å². The maximum atomic E-state index is 11.1. The maximum Gasteiger partial charge on any atom is 0.236 e. The van der Waals surface area contributed by atoms with Gasteiger partial charge in [0.25, 0.3) is 0 Å². The van der Waals surface area contributed by atoms with Crippen molar-refractivity contribution in [3.8, 4) is 0 Å². The second-order valence-electron chi connectivity index (χ2n) is 2.32. The Kier molecular flexibility index (Phi) is 5.82. The van der Waals surface area contributed by atoms with E-state index in [0.29, 0.717) is 6.42 Å². The molecule has 1 radical (unpaired) electrons. The number of hydrogen-bond donors (Lipinski definition) is 3. The standard InChI is InChI=1S/C7H13N2O4/c8-6(12)5-7(13)9(1-3-10)2-4-11/h5,10-11H,1-4H2,(H2,8,12). The molecule has 75 valence electrons. The van der Waals surface area contributed by atoms with Gasteiger partial charge in [0.05, 0.1) is 13.2 Å². The van der Waals surface area contributed by atoms with Crippen molar-refractivity contribution in [1.29, 1.82) is 0 Å². The molecule has 2 amide bonds. The van der Waals surface area contributed by atoms with Crippen molar-refractivity contribution < 1.29 is 19.8 Å². The molecule has 0 spiro atoms. The van der Waals surface area contributed by atoms with Crippen LogP contribution < -0.4 is 5.73 Å². The summed E-state index contributed by atoms with van der Waals surface area (Å²) < 4.78 is 0. The second-order valence-corrected chi connectivity index (χ2v) is 2.32. The van der Waals surface area contributed by atoms with Gasteiger partial charge in [-0.05, 0) is 0 Å². The van der Waals surface area contributed by atoms with Gasteiger partial charge in [-0.2, -0.15) is 0 Å². The van der Waals surface area contributed by atoms with Crippen LogP contribution in [-0.4, -0.2) is 53.2 Å². The summed E-state index contributed by atoms with van der Waals surface area (Å²) in [6.45, 7) is -0.303. The van der Waals surface area contributed by atoms with Gasteiger partial charge in [0.15, 0.2) is 0 Å². The number of nitrogens with zero attached hydrogens (tertiary/aromatic N) is 1. The Morgan fingerprint density at radius 2 is 1.69 bits per heavy atom. The Hall–Kier alpha value is -1.14. The molecule has 0 aromatic rings. The Morgan fingerprint density at radius 3 is 2.00 bits per heavy atom. The fourth-order valence-corrected chi connectivity index (χ4v) is 0.787. The Labute approximate surface area is 75.9 Å². The van der Waals surface area contributed by atoms with Crippen molar-refractivity contribution in [2.75, 3.05) is 26.3 Å². The van der Waals surface area contributed by atoms with E-state index in [-0.39, 0.29) is 26.3 Å². The van der Waals surface area contributed by atoms with Crippen LogP contribution in [0.4, 0.5) is 0 Å². The molecule has 0 fully saturated rings. The minimum Gasteiger partial charge on any atom is -0.395 e. The van der Waals surface area contributed by atoms with Gasteiger partial charge in [-0.3, -0.25) is 9.59 Å². The average Bonchev–Trinajstić information content (AvgIpc) is 2.02. The molecule has 0 heterocycles. The lowest BCUT2D eigenvalue weighted by Gasteiger charge is -2.19. The normalized spacial score (nSPS) is 9.69. The number of hydrogen-bond acceptors (Lipinski definition) is 4. The second kappa shape index (κ2) is 6.38. The summed E-state index contributed by atoms with van der Waals surface area (Å²) >= 11 is 0. The number of primary amides is 1. The number of rotatable bonds is 6. The van der Waals surface area contributed by atoms with Crippen molar-refractivity contribution in [3.05, 3.63) is 6.42 Å². The summed E-state index contributed by atoms with van der Waals surface area (Å²) in [6, 6.07) is 0. The molecule has 0 aromatic carbocycles. The van der Waals surface area contributed by atoms with Gasteiger partial charge >= 0.3 is 0 Å². The minimum atomic E-state index is -0.842. The van der Waals surface area contributed by atoms with Gasteiger partial charge in [0.2, 0.25) is 11.8 Å². The van der Waals surface area contributed by atoms with Gasteiger partial charge < -0.3 is 20.8 Å². The summed E-state index contributed by atoms with van der Waals surface area (Å²) in [7, 11) is 0. The summed E-state index contributed by atoms with van der Waals surface area (Å²) in [5.74, 6) is -1.44. The van der Waals surface area contributed by atoms with Crippen LogP contribution in [0.25, 0.3) is 0 Å². The van der Waals surface area contributed by atoms with E-state index >= 15 is 0 Å². The van der Waals surface area contributed by atoms with Crippen LogP contribution in [-0.2, 0) is 9.59 Å². The molecular formula is C7H13N2O4. The topological polar surface area (TPSA) is 104 Å². The lowest BCUT2D eigenvalue weighted by Crippen LogP contribution is -2.38. The predicted octanol–water partition coefficient (Wildman–Crippen LogP) is -2.51. The first-order valence-corrected chi connectivity index (χ1v) is 3.76. The van der Waals surface area contributed by atoms with E-state index in [1.54, 1.807) is 0 Å². The molecule has 0 atom stereocenters. The van der Waals surface area contributed by atoms with Crippen LogP contribution >= 0.6 is 0 Å². The average molecular weight is 189 g/mol. The molecule has 6 nitrogen and oxygen atoms in total. The number of nitrogens with two attached hydrogens (primary N) is 1. The molecule has 0 unspecified atom stereocenters. The quantitative estimate of drug-likeness (QED) is 0.401. The van der Waals surface area contributed by atoms with Crippen LogP contribution in [0, 0.1) is 6.42 Å². The first-order chi connectivity index (χ1) is 6.11. The summed E-state index contributed by atoms with van der Waals surface area (Å²) in [4.78, 5) is 22.5. The lowest BCUT2D eigenvalue weighted by atomic mass is 10.3. The molecule has 0 aliphatic rings. The molecule has 0 saturated carbocycles. The molecule has 0 bridgehead atoms. The number of aliphatic hydroxyl groups excluding tert-OH is 2. The van der Waals surface area contributed by atoms with Gasteiger partial charge in [0, 0.05) is 13.1 Å². The summed E-state index contributed by atoms with van der Waals surface area (Å²) in [6.07, 6.45) is 0.714. The van der Waals surface area contributed by atoms with Crippen LogP contribution in [0.3, 0.4) is 0 Å². The van der Waals surface area contributed by atoms with E-state index in [0.717, 1.165) is 4.90 Å². The first kappa shape index (κ1) is 11.9. The highest BCUT2D eigenvalue weighted by atomic mass is 16.3. The smallest absolute Gasteiger partial charge is 0.236 e. The van der Waals surface area contributed by atoms with Gasteiger partial charge in [-0.15, -0.1) is 0 Å². The van der Waals surface area contributed by atoms with Crippen molar-refractivity contribution in [2.24, 2.45) is 5.73 Å². The third kappa shape index (κ3) is 5.15. The van der Waals surface area contributed by atoms with E-state index in [1.165, 1.54) is 0 Å². The monoisotopic (exact) mass is 189 g/mol. The van der Waals surface area contributed by atoms with Gasteiger partial charge in [0.1, 0.15) is 6.42 Å². The van der Waals surface area contributed by atoms with E-state index in [4.69, 9.17) is 15.9 Å². The SMILES string of the molecule is NC(=O)[CH]C(=O)N(CCO)CCO. The maximum absolute atomic E-state index is 11.1. The zero-order valence-electron chi connectivity index (χ0n) is 7.14. The minimum absolute atomic E-state index is 0.0726. The van der Waals surface area contributed by atoms with Crippen LogP contribution in [0.15, 0.2) is 0 Å². The third-order valence-electron chi connectivity index (χ3n) is 1.32. The van der Waals surface area contributed by atoms with Crippen LogP contribution in [0.2, 0.25) is 0 Å². The van der Waals surface area contributed by atoms with Crippen LogP contribution in [0.5, 0.6) is 0 Å². The third-order valence-corrected chi connectivity index (χ3v) is 1.32. The highest BCUT2D eigenvalue weighted by Gasteiger charge is 2.14. The molecule has 13 heavy (non-hydrogen) atoms. The van der Waals surface area contributed by atoms with Crippen molar-refractivity contribution in [2.45, 2.75) is 0 Å². The van der Waals surface area contributed by atoms with Crippen molar-refractivity contribution in [1.82, 2.24) is 4.90 Å². The Balaban J connectivity index is 4.02. The fraction of sp³-hybridized carbons (Fsp3) is 0.571. The predicted molar refractivity (Wildman–Crippen MR) is 44.2 cm³/mol. The first-order valence-electron chi connectivity index (χ1n) is 3.76. The number of carbonyl (C=O) groups is 2. The Bertz CT molecular complexity index is 177. The van der Waals surface area contributed by atoms with E-state index in [9.17, 15) is 9.59 Å². The Morgan fingerprint density at radius 1 is 1.23 bits per heavy atom. The molecule has 0 saturated heterocycles. The molecule has 0 aliphatic carbocycles. The number of carbonyl (C=O) groups excluding carboxylic acids is 2. The van der Waals surface area contributed by atoms with E-state index in [1.807, 2.05) is 0 Å². The lowest BCUT2D eigenvalue weighted by molar-refractivity contribution is -0.131. The van der Waals surface area contributed by atoms with Crippen molar-refractivity contribution >= 4 is 11.8 Å². The highest BCUT2D eigenvalue weighted by molar-refractivity contribution is 6.07. The fourth-order valence-electron chi connectivity index (χ4n) is 0.787.